The van der Waals surface area contributed by atoms with Crippen molar-refractivity contribution >= 4 is 26.7 Å². The Hall–Kier alpha value is -1.29. The normalized spacial score (nSPS) is 10.4. The molecule has 0 saturated carbocycles. The standard InChI is InChI=1S/C10H8BrNO2/c1-14-8-3-2-7(11)6-4-5-12-10(13)9(6)8/h2-5H,1H3,(H,12,13). The molecule has 0 atom stereocenters. The molecule has 1 aromatic heterocycles. The molecule has 3 nitrogen and oxygen atoms in total. The Morgan fingerprint density at radius 1 is 1.36 bits per heavy atom. The van der Waals surface area contributed by atoms with Gasteiger partial charge in [-0.3, -0.25) is 4.79 Å². The molecule has 0 saturated heterocycles. The van der Waals surface area contributed by atoms with E-state index in [-0.39, 0.29) is 5.56 Å². The van der Waals surface area contributed by atoms with Crippen LogP contribution in [0.5, 0.6) is 5.75 Å². The van der Waals surface area contributed by atoms with Gasteiger partial charge in [-0.15, -0.1) is 0 Å². The molecule has 0 spiro atoms. The van der Waals surface area contributed by atoms with Crippen molar-refractivity contribution in [2.24, 2.45) is 0 Å². The lowest BCUT2D eigenvalue weighted by Gasteiger charge is -2.05. The number of ether oxygens (including phenoxy) is 1. The molecule has 1 aromatic carbocycles. The van der Waals surface area contributed by atoms with Crippen LogP contribution in [0.1, 0.15) is 0 Å². The molecule has 0 aliphatic heterocycles. The van der Waals surface area contributed by atoms with Gasteiger partial charge in [0.05, 0.1) is 12.5 Å². The third kappa shape index (κ3) is 1.32. The minimum Gasteiger partial charge on any atom is -0.496 e. The zero-order valence-corrected chi connectivity index (χ0v) is 9.09. The van der Waals surface area contributed by atoms with Gasteiger partial charge in [-0.2, -0.15) is 0 Å². The Morgan fingerprint density at radius 3 is 2.86 bits per heavy atom. The van der Waals surface area contributed by atoms with Crippen molar-refractivity contribution in [1.82, 2.24) is 4.98 Å². The first-order valence-corrected chi connectivity index (χ1v) is 4.87. The highest BCUT2D eigenvalue weighted by Gasteiger charge is 2.07. The SMILES string of the molecule is COc1ccc(Br)c2cc[nH]c(=O)c12. The molecule has 72 valence electrons. The van der Waals surface area contributed by atoms with Crippen LogP contribution in [0.25, 0.3) is 10.8 Å². The molecule has 0 aliphatic rings. The van der Waals surface area contributed by atoms with Gasteiger partial charge in [0.2, 0.25) is 0 Å². The van der Waals surface area contributed by atoms with Crippen LogP contribution < -0.4 is 10.3 Å². The van der Waals surface area contributed by atoms with Gasteiger partial charge in [0.25, 0.3) is 5.56 Å². The van der Waals surface area contributed by atoms with E-state index in [1.165, 1.54) is 0 Å². The van der Waals surface area contributed by atoms with Gasteiger partial charge in [-0.05, 0) is 18.2 Å². The second-order valence-corrected chi connectivity index (χ2v) is 3.70. The number of aromatic amines is 1. The number of hydrogen-bond acceptors (Lipinski definition) is 2. The predicted molar refractivity (Wildman–Crippen MR) is 58.8 cm³/mol. The number of pyridine rings is 1. The fraction of sp³-hybridized carbons (Fsp3) is 0.100. The second kappa shape index (κ2) is 3.46. The second-order valence-electron chi connectivity index (χ2n) is 2.85. The molecule has 1 N–H and O–H groups in total. The van der Waals surface area contributed by atoms with E-state index in [4.69, 9.17) is 4.74 Å². The Morgan fingerprint density at radius 2 is 2.14 bits per heavy atom. The van der Waals surface area contributed by atoms with E-state index in [0.717, 1.165) is 9.86 Å². The number of fused-ring (bicyclic) bond motifs is 1. The molecule has 2 aromatic rings. The summed E-state index contributed by atoms with van der Waals surface area (Å²) in [6.07, 6.45) is 1.62. The highest BCUT2D eigenvalue weighted by Crippen LogP contribution is 2.28. The van der Waals surface area contributed by atoms with Crippen molar-refractivity contribution < 1.29 is 4.74 Å². The van der Waals surface area contributed by atoms with E-state index in [1.54, 1.807) is 19.4 Å². The lowest BCUT2D eigenvalue weighted by atomic mass is 10.1. The zero-order chi connectivity index (χ0) is 10.1. The first kappa shape index (κ1) is 9.27. The molecule has 0 amide bonds. The largest absolute Gasteiger partial charge is 0.496 e. The Bertz CT molecular complexity index is 533. The Labute approximate surface area is 88.8 Å². The monoisotopic (exact) mass is 253 g/mol. The molecule has 14 heavy (non-hydrogen) atoms. The fourth-order valence-corrected chi connectivity index (χ4v) is 1.88. The van der Waals surface area contributed by atoms with Crippen LogP contribution in [0.3, 0.4) is 0 Å². The summed E-state index contributed by atoms with van der Waals surface area (Å²) >= 11 is 3.39. The first-order valence-electron chi connectivity index (χ1n) is 4.08. The maximum absolute atomic E-state index is 11.6. The summed E-state index contributed by atoms with van der Waals surface area (Å²) in [5.41, 5.74) is -0.138. The lowest BCUT2D eigenvalue weighted by molar-refractivity contribution is 0.419. The molecule has 0 aliphatic carbocycles. The van der Waals surface area contributed by atoms with Gasteiger partial charge in [-0.25, -0.2) is 0 Å². The number of halogens is 1. The predicted octanol–water partition coefficient (Wildman–Crippen LogP) is 2.30. The molecule has 0 bridgehead atoms. The summed E-state index contributed by atoms with van der Waals surface area (Å²) in [7, 11) is 1.55. The summed E-state index contributed by atoms with van der Waals surface area (Å²) in [6, 6.07) is 5.46. The van der Waals surface area contributed by atoms with E-state index < -0.39 is 0 Å². The Balaban J connectivity index is 3.00. The highest BCUT2D eigenvalue weighted by molar-refractivity contribution is 9.10. The quantitative estimate of drug-likeness (QED) is 0.848. The number of methoxy groups -OCH3 is 1. The van der Waals surface area contributed by atoms with Crippen molar-refractivity contribution in [2.75, 3.05) is 7.11 Å². The molecule has 0 unspecified atom stereocenters. The molecular weight excluding hydrogens is 246 g/mol. The molecular formula is C10H8BrNO2. The number of benzene rings is 1. The van der Waals surface area contributed by atoms with Gasteiger partial charge in [0.15, 0.2) is 0 Å². The summed E-state index contributed by atoms with van der Waals surface area (Å²) in [5.74, 6) is 0.588. The van der Waals surface area contributed by atoms with Gasteiger partial charge in [-0.1, -0.05) is 15.9 Å². The molecule has 0 radical (unpaired) electrons. The van der Waals surface area contributed by atoms with Crippen molar-refractivity contribution in [1.29, 1.82) is 0 Å². The van der Waals surface area contributed by atoms with Gasteiger partial charge in [0, 0.05) is 16.1 Å². The van der Waals surface area contributed by atoms with E-state index in [0.29, 0.717) is 11.1 Å². The maximum atomic E-state index is 11.6. The van der Waals surface area contributed by atoms with E-state index >= 15 is 0 Å². The van der Waals surface area contributed by atoms with Gasteiger partial charge >= 0.3 is 0 Å². The number of rotatable bonds is 1. The third-order valence-electron chi connectivity index (χ3n) is 2.07. The lowest BCUT2D eigenvalue weighted by Crippen LogP contribution is -2.06. The minimum absolute atomic E-state index is 0.138. The number of H-pyrrole nitrogens is 1. The van der Waals surface area contributed by atoms with Crippen LogP contribution in [0, 0.1) is 0 Å². The number of hydrogen-bond donors (Lipinski definition) is 1. The minimum atomic E-state index is -0.138. The molecule has 2 rings (SSSR count). The van der Waals surface area contributed by atoms with E-state index in [2.05, 4.69) is 20.9 Å². The summed E-state index contributed by atoms with van der Waals surface area (Å²) in [5, 5.41) is 1.43. The molecule has 0 fully saturated rings. The highest BCUT2D eigenvalue weighted by atomic mass is 79.9. The average molecular weight is 254 g/mol. The van der Waals surface area contributed by atoms with Crippen molar-refractivity contribution in [2.45, 2.75) is 0 Å². The van der Waals surface area contributed by atoms with Crippen LogP contribution in [0.4, 0.5) is 0 Å². The summed E-state index contributed by atoms with van der Waals surface area (Å²) in [6.45, 7) is 0. The maximum Gasteiger partial charge on any atom is 0.259 e. The number of nitrogens with one attached hydrogen (secondary N) is 1. The first-order chi connectivity index (χ1) is 6.74. The zero-order valence-electron chi connectivity index (χ0n) is 7.50. The Kier molecular flexibility index (Phi) is 2.29. The molecule has 1 heterocycles. The van der Waals surface area contributed by atoms with Crippen molar-refractivity contribution in [3.8, 4) is 5.75 Å². The fourth-order valence-electron chi connectivity index (χ4n) is 1.41. The van der Waals surface area contributed by atoms with Crippen molar-refractivity contribution in [3.63, 3.8) is 0 Å². The number of aromatic nitrogens is 1. The molecule has 4 heteroatoms. The van der Waals surface area contributed by atoms with Crippen LogP contribution in [0.15, 0.2) is 33.7 Å². The van der Waals surface area contributed by atoms with Gasteiger partial charge in [0.1, 0.15) is 5.75 Å². The van der Waals surface area contributed by atoms with E-state index in [1.807, 2.05) is 12.1 Å². The van der Waals surface area contributed by atoms with E-state index in [9.17, 15) is 4.79 Å². The average Bonchev–Trinajstić information content (AvgIpc) is 2.20. The smallest absolute Gasteiger partial charge is 0.259 e. The summed E-state index contributed by atoms with van der Waals surface area (Å²) < 4.78 is 6.01. The van der Waals surface area contributed by atoms with Crippen molar-refractivity contribution in [3.05, 3.63) is 39.2 Å². The topological polar surface area (TPSA) is 42.1 Å². The van der Waals surface area contributed by atoms with Crippen LogP contribution in [0.2, 0.25) is 0 Å². The van der Waals surface area contributed by atoms with Crippen LogP contribution in [-0.2, 0) is 0 Å². The van der Waals surface area contributed by atoms with Gasteiger partial charge < -0.3 is 9.72 Å². The van der Waals surface area contributed by atoms with Crippen LogP contribution >= 0.6 is 15.9 Å². The van der Waals surface area contributed by atoms with Crippen LogP contribution in [-0.4, -0.2) is 12.1 Å². The third-order valence-corrected chi connectivity index (χ3v) is 2.76. The summed E-state index contributed by atoms with van der Waals surface area (Å²) in [4.78, 5) is 14.2.